The maximum absolute atomic E-state index is 13.0. The number of nitrogens with one attached hydrogen (secondary N) is 2. The van der Waals surface area contributed by atoms with Gasteiger partial charge < -0.3 is 5.32 Å². The van der Waals surface area contributed by atoms with Crippen LogP contribution in [0.25, 0.3) is 0 Å². The van der Waals surface area contributed by atoms with Gasteiger partial charge in [0.25, 0.3) is 11.8 Å². The molecule has 4 aliphatic heterocycles. The SMILES string of the molecule is O=C1CCC(N2C(=O)c3ccc(CN4CCC45CCCNC5)cc3C2=O)C(=O)N1. The van der Waals surface area contributed by atoms with Crippen LogP contribution in [0.15, 0.2) is 18.2 Å². The Morgan fingerprint density at radius 3 is 2.59 bits per heavy atom. The number of hydrogen-bond donors (Lipinski definition) is 2. The molecular weight excluding hydrogens is 372 g/mol. The highest BCUT2D eigenvalue weighted by Crippen LogP contribution is 2.38. The Balaban J connectivity index is 1.36. The van der Waals surface area contributed by atoms with Crippen molar-refractivity contribution in [3.63, 3.8) is 0 Å². The lowest BCUT2D eigenvalue weighted by atomic mass is 9.78. The molecule has 4 amide bonds. The van der Waals surface area contributed by atoms with Crippen LogP contribution < -0.4 is 10.6 Å². The zero-order chi connectivity index (χ0) is 20.2. The van der Waals surface area contributed by atoms with E-state index in [1.54, 1.807) is 12.1 Å². The standard InChI is InChI=1S/C21H24N4O4/c26-17-5-4-16(18(27)23-17)25-19(28)14-3-2-13(10-15(14)20(25)29)11-24-9-7-21(24)6-1-8-22-12-21/h2-3,10,16,22H,1,4-9,11-12H2,(H,23,26,27). The molecular formula is C21H24N4O4. The van der Waals surface area contributed by atoms with E-state index in [1.165, 1.54) is 19.3 Å². The molecule has 0 aliphatic carbocycles. The highest BCUT2D eigenvalue weighted by molar-refractivity contribution is 6.23. The summed E-state index contributed by atoms with van der Waals surface area (Å²) in [6, 6.07) is 4.47. The van der Waals surface area contributed by atoms with Gasteiger partial charge in [-0.15, -0.1) is 0 Å². The number of amides is 4. The Morgan fingerprint density at radius 1 is 1.07 bits per heavy atom. The first-order valence-corrected chi connectivity index (χ1v) is 10.3. The van der Waals surface area contributed by atoms with Crippen molar-refractivity contribution in [2.45, 2.75) is 50.2 Å². The Morgan fingerprint density at radius 2 is 1.90 bits per heavy atom. The highest BCUT2D eigenvalue weighted by atomic mass is 16.2. The Bertz CT molecular complexity index is 921. The molecule has 1 aromatic carbocycles. The summed E-state index contributed by atoms with van der Waals surface area (Å²) in [7, 11) is 0. The zero-order valence-corrected chi connectivity index (χ0v) is 16.2. The Kier molecular flexibility index (Phi) is 4.29. The van der Waals surface area contributed by atoms with Crippen LogP contribution in [0.5, 0.6) is 0 Å². The highest BCUT2D eigenvalue weighted by Gasteiger charge is 2.46. The molecule has 2 N–H and O–H groups in total. The fourth-order valence-electron chi connectivity index (χ4n) is 5.11. The summed E-state index contributed by atoms with van der Waals surface area (Å²) >= 11 is 0. The smallest absolute Gasteiger partial charge is 0.262 e. The first kappa shape index (κ1) is 18.4. The van der Waals surface area contributed by atoms with E-state index in [1.807, 2.05) is 6.07 Å². The van der Waals surface area contributed by atoms with Gasteiger partial charge in [-0.3, -0.25) is 34.3 Å². The third kappa shape index (κ3) is 2.89. The zero-order valence-electron chi connectivity index (χ0n) is 16.2. The molecule has 8 heteroatoms. The second kappa shape index (κ2) is 6.74. The molecule has 8 nitrogen and oxygen atoms in total. The monoisotopic (exact) mass is 396 g/mol. The van der Waals surface area contributed by atoms with Crippen LogP contribution in [0.4, 0.5) is 0 Å². The van der Waals surface area contributed by atoms with Crippen LogP contribution in [-0.2, 0) is 16.1 Å². The number of likely N-dealkylation sites (tertiary alicyclic amines) is 1. The van der Waals surface area contributed by atoms with Crippen molar-refractivity contribution in [2.75, 3.05) is 19.6 Å². The number of nitrogens with zero attached hydrogens (tertiary/aromatic N) is 2. The van der Waals surface area contributed by atoms with Crippen LogP contribution >= 0.6 is 0 Å². The molecule has 4 aliphatic rings. The molecule has 2 unspecified atom stereocenters. The van der Waals surface area contributed by atoms with Crippen molar-refractivity contribution in [3.05, 3.63) is 34.9 Å². The minimum Gasteiger partial charge on any atom is -0.315 e. The van der Waals surface area contributed by atoms with E-state index in [2.05, 4.69) is 15.5 Å². The predicted octanol–water partition coefficient (Wildman–Crippen LogP) is 0.416. The van der Waals surface area contributed by atoms with E-state index in [0.29, 0.717) is 11.1 Å². The fraction of sp³-hybridized carbons (Fsp3) is 0.524. The third-order valence-electron chi connectivity index (χ3n) is 6.85. The van der Waals surface area contributed by atoms with Gasteiger partial charge in [0.15, 0.2) is 0 Å². The molecule has 1 spiro atoms. The van der Waals surface area contributed by atoms with Crippen LogP contribution in [0.2, 0.25) is 0 Å². The van der Waals surface area contributed by atoms with Crippen molar-refractivity contribution >= 4 is 23.6 Å². The van der Waals surface area contributed by atoms with E-state index in [4.69, 9.17) is 0 Å². The first-order chi connectivity index (χ1) is 14.0. The number of carbonyl (C=O) groups is 4. The molecule has 4 heterocycles. The van der Waals surface area contributed by atoms with Gasteiger partial charge in [-0.25, -0.2) is 0 Å². The van der Waals surface area contributed by atoms with E-state index >= 15 is 0 Å². The van der Waals surface area contributed by atoms with E-state index in [9.17, 15) is 19.2 Å². The minimum atomic E-state index is -0.921. The summed E-state index contributed by atoms with van der Waals surface area (Å²) in [5, 5.41) is 5.71. The minimum absolute atomic E-state index is 0.125. The van der Waals surface area contributed by atoms with Crippen molar-refractivity contribution < 1.29 is 19.2 Å². The second-order valence-corrected chi connectivity index (χ2v) is 8.50. The molecule has 29 heavy (non-hydrogen) atoms. The van der Waals surface area contributed by atoms with Gasteiger partial charge in [0, 0.05) is 31.6 Å². The summed E-state index contributed by atoms with van der Waals surface area (Å²) in [5.74, 6) is -1.85. The molecule has 0 saturated carbocycles. The van der Waals surface area contributed by atoms with Gasteiger partial charge in [0.05, 0.1) is 11.1 Å². The van der Waals surface area contributed by atoms with Crippen LogP contribution in [0, 0.1) is 0 Å². The molecule has 5 rings (SSSR count). The predicted molar refractivity (Wildman–Crippen MR) is 103 cm³/mol. The van der Waals surface area contributed by atoms with Gasteiger partial charge in [0.1, 0.15) is 6.04 Å². The van der Waals surface area contributed by atoms with Gasteiger partial charge in [-0.05, 0) is 49.9 Å². The van der Waals surface area contributed by atoms with Crippen molar-refractivity contribution in [1.82, 2.24) is 20.4 Å². The van der Waals surface area contributed by atoms with E-state index < -0.39 is 23.8 Å². The van der Waals surface area contributed by atoms with Crippen LogP contribution in [0.3, 0.4) is 0 Å². The quantitative estimate of drug-likeness (QED) is 0.719. The average Bonchev–Trinajstić information content (AvgIpc) is 2.96. The maximum Gasteiger partial charge on any atom is 0.262 e. The fourth-order valence-corrected chi connectivity index (χ4v) is 5.11. The lowest BCUT2D eigenvalue weighted by Crippen LogP contribution is -2.65. The molecule has 0 radical (unpaired) electrons. The third-order valence-corrected chi connectivity index (χ3v) is 6.85. The van der Waals surface area contributed by atoms with E-state index in [-0.39, 0.29) is 24.3 Å². The summed E-state index contributed by atoms with van der Waals surface area (Å²) < 4.78 is 0. The number of fused-ring (bicyclic) bond motifs is 1. The molecule has 0 bridgehead atoms. The van der Waals surface area contributed by atoms with Crippen molar-refractivity contribution in [2.24, 2.45) is 0 Å². The number of imide groups is 2. The molecule has 3 saturated heterocycles. The van der Waals surface area contributed by atoms with Crippen LogP contribution in [-0.4, -0.2) is 64.6 Å². The number of hydrogen-bond acceptors (Lipinski definition) is 6. The number of carbonyl (C=O) groups excluding carboxylic acids is 4. The van der Waals surface area contributed by atoms with Gasteiger partial charge >= 0.3 is 0 Å². The molecule has 2 atom stereocenters. The first-order valence-electron chi connectivity index (χ1n) is 10.3. The topological polar surface area (TPSA) is 98.8 Å². The summed E-state index contributed by atoms with van der Waals surface area (Å²) in [6.07, 6.45) is 3.85. The number of piperidine rings is 2. The van der Waals surface area contributed by atoms with Gasteiger partial charge in [0.2, 0.25) is 11.8 Å². The van der Waals surface area contributed by atoms with Gasteiger partial charge in [-0.1, -0.05) is 6.07 Å². The number of rotatable bonds is 3. The summed E-state index contributed by atoms with van der Waals surface area (Å²) in [5.41, 5.74) is 1.91. The Labute approximate surface area is 168 Å². The molecule has 0 aromatic heterocycles. The summed E-state index contributed by atoms with van der Waals surface area (Å²) in [4.78, 5) is 52.8. The van der Waals surface area contributed by atoms with Crippen molar-refractivity contribution in [3.8, 4) is 0 Å². The van der Waals surface area contributed by atoms with E-state index in [0.717, 1.165) is 36.6 Å². The lowest BCUT2D eigenvalue weighted by Gasteiger charge is -2.55. The van der Waals surface area contributed by atoms with Gasteiger partial charge in [-0.2, -0.15) is 0 Å². The van der Waals surface area contributed by atoms with Crippen LogP contribution in [0.1, 0.15) is 58.4 Å². The largest absolute Gasteiger partial charge is 0.315 e. The average molecular weight is 396 g/mol. The molecule has 1 aromatic rings. The maximum atomic E-state index is 13.0. The molecule has 152 valence electrons. The lowest BCUT2D eigenvalue weighted by molar-refractivity contribution is -0.136. The summed E-state index contributed by atoms with van der Waals surface area (Å²) in [6.45, 7) is 3.85. The normalized spacial score (nSPS) is 29.8. The number of benzene rings is 1. The second-order valence-electron chi connectivity index (χ2n) is 8.50. The Hall–Kier alpha value is -2.58. The molecule has 3 fully saturated rings. The van der Waals surface area contributed by atoms with Crippen molar-refractivity contribution in [1.29, 1.82) is 0 Å².